The molecule has 0 bridgehead atoms. The van der Waals surface area contributed by atoms with Crippen LogP contribution in [0.5, 0.6) is 0 Å². The fraction of sp³-hybridized carbons (Fsp3) is 0.400. The fourth-order valence-electron chi connectivity index (χ4n) is 1.67. The van der Waals surface area contributed by atoms with Gasteiger partial charge in [-0.2, -0.15) is 0 Å². The average molecular weight is 292 g/mol. The van der Waals surface area contributed by atoms with Crippen LogP contribution in [0.1, 0.15) is 37.6 Å². The molecule has 1 aromatic rings. The van der Waals surface area contributed by atoms with Crippen LogP contribution >= 0.6 is 0 Å². The highest BCUT2D eigenvalue weighted by atomic mass is 16.4. The smallest absolute Gasteiger partial charge is 0.311 e. The van der Waals surface area contributed by atoms with Gasteiger partial charge in [0.2, 0.25) is 5.91 Å². The summed E-state index contributed by atoms with van der Waals surface area (Å²) in [7, 11) is 0. The molecule has 0 radical (unpaired) electrons. The Balaban J connectivity index is 2.76. The van der Waals surface area contributed by atoms with Crippen molar-refractivity contribution in [3.05, 3.63) is 29.8 Å². The van der Waals surface area contributed by atoms with E-state index in [1.807, 2.05) is 0 Å². The maximum Gasteiger partial charge on any atom is 0.311 e. The zero-order valence-electron chi connectivity index (χ0n) is 12.4. The van der Waals surface area contributed by atoms with Gasteiger partial charge >= 0.3 is 5.97 Å². The molecule has 6 nitrogen and oxygen atoms in total. The van der Waals surface area contributed by atoms with Gasteiger partial charge in [0.25, 0.3) is 5.91 Å². The highest BCUT2D eigenvalue weighted by molar-refractivity contribution is 5.97. The lowest BCUT2D eigenvalue weighted by atomic mass is 9.87. The molecule has 3 N–H and O–H groups in total. The van der Waals surface area contributed by atoms with E-state index in [-0.39, 0.29) is 18.4 Å². The minimum atomic E-state index is -0.995. The molecule has 0 aromatic heterocycles. The quantitative estimate of drug-likeness (QED) is 0.746. The molecule has 21 heavy (non-hydrogen) atoms. The number of aliphatic carboxylic acids is 1. The predicted molar refractivity (Wildman–Crippen MR) is 79.1 cm³/mol. The number of carbonyl (C=O) groups excluding carboxylic acids is 2. The third-order valence-corrected chi connectivity index (χ3v) is 3.38. The minimum absolute atomic E-state index is 0.0437. The number of carboxylic acids is 1. The number of anilines is 1. The van der Waals surface area contributed by atoms with Gasteiger partial charge in [-0.25, -0.2) is 0 Å². The van der Waals surface area contributed by atoms with Crippen LogP contribution in [0.25, 0.3) is 0 Å². The molecule has 0 aliphatic carbocycles. The first-order chi connectivity index (χ1) is 9.78. The number of hydrogen-bond donors (Lipinski definition) is 3. The molecule has 1 rings (SSSR count). The van der Waals surface area contributed by atoms with Crippen LogP contribution in [0.4, 0.5) is 5.69 Å². The molecule has 0 heterocycles. The molecule has 2 amide bonds. The molecule has 0 aliphatic heterocycles. The van der Waals surface area contributed by atoms with Crippen LogP contribution in [0.3, 0.4) is 0 Å². The lowest BCUT2D eigenvalue weighted by Crippen LogP contribution is -2.40. The monoisotopic (exact) mass is 292 g/mol. The summed E-state index contributed by atoms with van der Waals surface area (Å²) in [4.78, 5) is 34.2. The van der Waals surface area contributed by atoms with Crippen molar-refractivity contribution in [3.8, 4) is 0 Å². The van der Waals surface area contributed by atoms with E-state index in [4.69, 9.17) is 5.11 Å². The Kier molecular flexibility index (Phi) is 5.46. The van der Waals surface area contributed by atoms with Crippen LogP contribution in [-0.4, -0.2) is 29.4 Å². The molecule has 0 saturated heterocycles. The fourth-order valence-corrected chi connectivity index (χ4v) is 1.67. The lowest BCUT2D eigenvalue weighted by molar-refractivity contribution is -0.147. The number of carboxylic acid groups (broad SMARTS) is 1. The third-order valence-electron chi connectivity index (χ3n) is 3.38. The van der Waals surface area contributed by atoms with E-state index < -0.39 is 11.4 Å². The number of hydrogen-bond acceptors (Lipinski definition) is 3. The largest absolute Gasteiger partial charge is 0.481 e. The van der Waals surface area contributed by atoms with Gasteiger partial charge in [0.05, 0.1) is 5.41 Å². The second-order valence-corrected chi connectivity index (χ2v) is 5.16. The average Bonchev–Trinajstić information content (AvgIpc) is 2.43. The van der Waals surface area contributed by atoms with E-state index in [9.17, 15) is 14.4 Å². The lowest BCUT2D eigenvalue weighted by Gasteiger charge is -2.23. The maximum absolute atomic E-state index is 12.1. The topological polar surface area (TPSA) is 95.5 Å². The Hall–Kier alpha value is -2.37. The van der Waals surface area contributed by atoms with E-state index in [1.165, 1.54) is 6.92 Å². The molecular formula is C15H20N2O4. The first-order valence-corrected chi connectivity index (χ1v) is 6.68. The SMILES string of the molecule is CCC(C)(CNC(=O)c1cccc(NC(C)=O)c1)C(=O)O. The molecule has 0 aliphatic rings. The Morgan fingerprint density at radius 1 is 1.29 bits per heavy atom. The molecule has 0 saturated carbocycles. The van der Waals surface area contributed by atoms with Gasteiger partial charge in [0.15, 0.2) is 0 Å². The predicted octanol–water partition coefficient (Wildman–Crippen LogP) is 1.88. The summed E-state index contributed by atoms with van der Waals surface area (Å²) in [5.74, 6) is -1.54. The summed E-state index contributed by atoms with van der Waals surface area (Å²) in [6.45, 7) is 4.77. The van der Waals surface area contributed by atoms with Gasteiger partial charge in [0.1, 0.15) is 0 Å². The van der Waals surface area contributed by atoms with Gasteiger partial charge in [-0.1, -0.05) is 13.0 Å². The summed E-state index contributed by atoms with van der Waals surface area (Å²) in [5, 5.41) is 14.4. The highest BCUT2D eigenvalue weighted by Gasteiger charge is 2.31. The number of benzene rings is 1. The van der Waals surface area contributed by atoms with Crippen LogP contribution in [0.15, 0.2) is 24.3 Å². The van der Waals surface area contributed by atoms with Gasteiger partial charge in [0, 0.05) is 24.7 Å². The number of nitrogens with one attached hydrogen (secondary N) is 2. The van der Waals surface area contributed by atoms with Crippen molar-refractivity contribution in [1.82, 2.24) is 5.32 Å². The molecule has 1 aromatic carbocycles. The summed E-state index contributed by atoms with van der Waals surface area (Å²) >= 11 is 0. The van der Waals surface area contributed by atoms with Crippen molar-refractivity contribution >= 4 is 23.5 Å². The molecular weight excluding hydrogens is 272 g/mol. The molecule has 1 unspecified atom stereocenters. The molecule has 1 atom stereocenters. The first-order valence-electron chi connectivity index (χ1n) is 6.68. The van der Waals surface area contributed by atoms with Crippen LogP contribution in [0, 0.1) is 5.41 Å². The number of amides is 2. The zero-order valence-corrected chi connectivity index (χ0v) is 12.4. The second-order valence-electron chi connectivity index (χ2n) is 5.16. The van der Waals surface area contributed by atoms with Gasteiger partial charge in [-0.3, -0.25) is 14.4 Å². The summed E-state index contributed by atoms with van der Waals surface area (Å²) in [6, 6.07) is 6.47. The number of carbonyl (C=O) groups is 3. The Bertz CT molecular complexity index is 556. The van der Waals surface area contributed by atoms with E-state index in [0.717, 1.165) is 0 Å². The minimum Gasteiger partial charge on any atom is -0.481 e. The van der Waals surface area contributed by atoms with Crippen LogP contribution in [-0.2, 0) is 9.59 Å². The second kappa shape index (κ2) is 6.88. The molecule has 6 heteroatoms. The Labute approximate surface area is 123 Å². The van der Waals surface area contributed by atoms with Crippen molar-refractivity contribution in [2.24, 2.45) is 5.41 Å². The van der Waals surface area contributed by atoms with E-state index >= 15 is 0 Å². The van der Waals surface area contributed by atoms with Crippen molar-refractivity contribution in [3.63, 3.8) is 0 Å². The third kappa shape index (κ3) is 4.59. The molecule has 114 valence electrons. The number of rotatable bonds is 6. The van der Waals surface area contributed by atoms with E-state index in [1.54, 1.807) is 38.1 Å². The van der Waals surface area contributed by atoms with Crippen molar-refractivity contribution in [2.45, 2.75) is 27.2 Å². The molecule has 0 spiro atoms. The Morgan fingerprint density at radius 3 is 2.48 bits per heavy atom. The van der Waals surface area contributed by atoms with Crippen LogP contribution in [0.2, 0.25) is 0 Å². The van der Waals surface area contributed by atoms with E-state index in [0.29, 0.717) is 17.7 Å². The van der Waals surface area contributed by atoms with Crippen molar-refractivity contribution in [1.29, 1.82) is 0 Å². The van der Waals surface area contributed by atoms with Gasteiger partial charge in [-0.15, -0.1) is 0 Å². The maximum atomic E-state index is 12.1. The van der Waals surface area contributed by atoms with Gasteiger partial charge in [-0.05, 0) is 31.5 Å². The first kappa shape index (κ1) is 16.7. The van der Waals surface area contributed by atoms with Gasteiger partial charge < -0.3 is 15.7 Å². The van der Waals surface area contributed by atoms with Crippen molar-refractivity contribution < 1.29 is 19.5 Å². The normalized spacial score (nSPS) is 13.1. The highest BCUT2D eigenvalue weighted by Crippen LogP contribution is 2.20. The molecule has 0 fully saturated rings. The van der Waals surface area contributed by atoms with Crippen LogP contribution < -0.4 is 10.6 Å². The van der Waals surface area contributed by atoms with E-state index in [2.05, 4.69) is 10.6 Å². The summed E-state index contributed by atoms with van der Waals surface area (Å²) in [5.41, 5.74) is -0.109. The summed E-state index contributed by atoms with van der Waals surface area (Å²) < 4.78 is 0. The standard InChI is InChI=1S/C15H20N2O4/c1-4-15(3,14(20)21)9-16-13(19)11-6-5-7-12(8-11)17-10(2)18/h5-8H,4,9H2,1-3H3,(H,16,19)(H,17,18)(H,20,21). The Morgan fingerprint density at radius 2 is 1.95 bits per heavy atom. The zero-order chi connectivity index (χ0) is 16.0. The van der Waals surface area contributed by atoms with Crippen molar-refractivity contribution in [2.75, 3.05) is 11.9 Å². The summed E-state index contributed by atoms with van der Waals surface area (Å²) in [6.07, 6.45) is 0.411.